The third-order valence-electron chi connectivity index (χ3n) is 4.90. The van der Waals surface area contributed by atoms with Crippen molar-refractivity contribution in [3.05, 3.63) is 71.8 Å². The number of amides is 2. The molecule has 2 amide bonds. The summed E-state index contributed by atoms with van der Waals surface area (Å²) in [5.74, 6) is -0.492. The molecule has 8 nitrogen and oxygen atoms in total. The molecule has 0 atom stereocenters. The van der Waals surface area contributed by atoms with Crippen molar-refractivity contribution < 1.29 is 9.59 Å². The van der Waals surface area contributed by atoms with Gasteiger partial charge >= 0.3 is 0 Å². The Hall–Kier alpha value is -4.20. The van der Waals surface area contributed by atoms with E-state index in [4.69, 9.17) is 0 Å². The van der Waals surface area contributed by atoms with E-state index >= 15 is 0 Å². The Morgan fingerprint density at radius 2 is 1.06 bits per heavy atom. The van der Waals surface area contributed by atoms with Gasteiger partial charge in [-0.1, -0.05) is 36.4 Å². The highest BCUT2D eigenvalue weighted by Crippen LogP contribution is 2.13. The fraction of sp³-hybridized carbons (Fsp3) is 0.259. The Bertz CT molecular complexity index is 967. The second-order valence-corrected chi connectivity index (χ2v) is 8.17. The quantitative estimate of drug-likeness (QED) is 0.360. The van der Waals surface area contributed by atoms with Crippen LogP contribution in [-0.2, 0) is 9.59 Å². The molecule has 0 aliphatic rings. The van der Waals surface area contributed by atoms with Crippen LogP contribution in [0, 0.1) is 0 Å². The SMILES string of the molecule is CN(C)c1ccc(C=C/C=N/NC(=O)CCCC(=O)N/N=C/C=C/c2ccc(N(C)C)cc2)cc1. The Morgan fingerprint density at radius 3 is 1.40 bits per heavy atom. The molecule has 0 saturated carbocycles. The monoisotopic (exact) mass is 474 g/mol. The maximum Gasteiger partial charge on any atom is 0.240 e. The van der Waals surface area contributed by atoms with Gasteiger partial charge in [0.25, 0.3) is 0 Å². The van der Waals surface area contributed by atoms with Crippen molar-refractivity contribution in [3.63, 3.8) is 0 Å². The minimum absolute atomic E-state index is 0.201. The molecule has 0 aliphatic heterocycles. The molecule has 0 fully saturated rings. The van der Waals surface area contributed by atoms with Crippen molar-refractivity contribution in [3.8, 4) is 0 Å². The van der Waals surface area contributed by atoms with Gasteiger partial charge in [-0.2, -0.15) is 10.2 Å². The molecule has 184 valence electrons. The van der Waals surface area contributed by atoms with Gasteiger partial charge in [0.2, 0.25) is 11.8 Å². The summed E-state index contributed by atoms with van der Waals surface area (Å²) in [5.41, 5.74) is 9.23. The van der Waals surface area contributed by atoms with E-state index in [0.717, 1.165) is 22.5 Å². The van der Waals surface area contributed by atoms with Crippen LogP contribution in [0.4, 0.5) is 11.4 Å². The number of nitrogens with one attached hydrogen (secondary N) is 2. The van der Waals surface area contributed by atoms with Gasteiger partial charge in [-0.15, -0.1) is 0 Å². The first-order chi connectivity index (χ1) is 16.8. The number of anilines is 2. The Balaban J connectivity index is 1.59. The zero-order valence-corrected chi connectivity index (χ0v) is 20.8. The average molecular weight is 475 g/mol. The molecular formula is C27H34N6O2. The lowest BCUT2D eigenvalue weighted by molar-refractivity contribution is -0.122. The molecule has 0 spiro atoms. The average Bonchev–Trinajstić information content (AvgIpc) is 2.84. The van der Waals surface area contributed by atoms with E-state index in [9.17, 15) is 9.59 Å². The number of hydrogen-bond acceptors (Lipinski definition) is 6. The predicted molar refractivity (Wildman–Crippen MR) is 147 cm³/mol. The van der Waals surface area contributed by atoms with Crippen molar-refractivity contribution in [2.24, 2.45) is 10.2 Å². The van der Waals surface area contributed by atoms with Crippen molar-refractivity contribution in [1.82, 2.24) is 10.9 Å². The van der Waals surface area contributed by atoms with Gasteiger partial charge in [0, 0.05) is 64.8 Å². The highest BCUT2D eigenvalue weighted by Gasteiger charge is 2.03. The molecule has 0 aliphatic carbocycles. The van der Waals surface area contributed by atoms with Crippen LogP contribution < -0.4 is 20.7 Å². The minimum Gasteiger partial charge on any atom is -0.378 e. The summed E-state index contributed by atoms with van der Waals surface area (Å²) in [6, 6.07) is 16.2. The van der Waals surface area contributed by atoms with Gasteiger partial charge in [-0.05, 0) is 54.0 Å². The molecule has 0 radical (unpaired) electrons. The van der Waals surface area contributed by atoms with Crippen LogP contribution in [0.25, 0.3) is 12.2 Å². The van der Waals surface area contributed by atoms with Crippen LogP contribution in [0.3, 0.4) is 0 Å². The van der Waals surface area contributed by atoms with Crippen LogP contribution >= 0.6 is 0 Å². The first-order valence-corrected chi connectivity index (χ1v) is 11.4. The molecule has 0 unspecified atom stereocenters. The number of carbonyl (C=O) groups is 2. The Labute approximate surface area is 207 Å². The molecule has 2 aromatic rings. The lowest BCUT2D eigenvalue weighted by Crippen LogP contribution is -2.20. The van der Waals surface area contributed by atoms with Gasteiger partial charge in [0.1, 0.15) is 0 Å². The van der Waals surface area contributed by atoms with Crippen molar-refractivity contribution in [2.45, 2.75) is 19.3 Å². The number of benzene rings is 2. The number of nitrogens with zero attached hydrogens (tertiary/aromatic N) is 4. The third-order valence-corrected chi connectivity index (χ3v) is 4.90. The summed E-state index contributed by atoms with van der Waals surface area (Å²) in [7, 11) is 7.97. The maximum absolute atomic E-state index is 11.8. The first kappa shape index (κ1) is 27.0. The predicted octanol–water partition coefficient (Wildman–Crippen LogP) is 3.92. The Morgan fingerprint density at radius 1 is 0.686 bits per heavy atom. The molecule has 2 rings (SSSR count). The van der Waals surface area contributed by atoms with E-state index in [0.29, 0.717) is 6.42 Å². The molecule has 2 aromatic carbocycles. The van der Waals surface area contributed by atoms with E-state index in [1.54, 1.807) is 12.2 Å². The van der Waals surface area contributed by atoms with E-state index in [1.807, 2.05) is 98.7 Å². The fourth-order valence-corrected chi connectivity index (χ4v) is 2.90. The zero-order valence-electron chi connectivity index (χ0n) is 20.8. The maximum atomic E-state index is 11.8. The molecule has 2 N–H and O–H groups in total. The number of allylic oxidation sites excluding steroid dienone is 2. The van der Waals surface area contributed by atoms with Gasteiger partial charge in [-0.3, -0.25) is 9.59 Å². The minimum atomic E-state index is -0.246. The van der Waals surface area contributed by atoms with Crippen LogP contribution in [0.2, 0.25) is 0 Å². The normalized spacial score (nSPS) is 11.5. The van der Waals surface area contributed by atoms with E-state index in [-0.39, 0.29) is 24.7 Å². The van der Waals surface area contributed by atoms with Crippen molar-refractivity contribution in [2.75, 3.05) is 38.0 Å². The first-order valence-electron chi connectivity index (χ1n) is 11.4. The van der Waals surface area contributed by atoms with E-state index in [2.05, 4.69) is 21.1 Å². The number of hydrogen-bond donors (Lipinski definition) is 2. The van der Waals surface area contributed by atoms with Crippen LogP contribution in [0.15, 0.2) is 70.9 Å². The van der Waals surface area contributed by atoms with Gasteiger partial charge in [-0.25, -0.2) is 10.9 Å². The van der Waals surface area contributed by atoms with Gasteiger partial charge in [0.15, 0.2) is 0 Å². The molecular weight excluding hydrogens is 440 g/mol. The summed E-state index contributed by atoms with van der Waals surface area (Å²) in [4.78, 5) is 27.7. The lowest BCUT2D eigenvalue weighted by Gasteiger charge is -2.11. The largest absolute Gasteiger partial charge is 0.378 e. The second-order valence-electron chi connectivity index (χ2n) is 8.17. The standard InChI is InChI=1S/C27H34N6O2/c1-32(2)24-16-12-22(13-17-24)8-6-20-28-30-26(34)10-5-11-27(35)31-29-21-7-9-23-14-18-25(19-15-23)33(3)4/h6-9,12-21H,5,10-11H2,1-4H3,(H,30,34)(H,31,35)/b8-6+,9-7?,28-20+,29-21+. The summed E-state index contributed by atoms with van der Waals surface area (Å²) in [5, 5.41) is 7.77. The van der Waals surface area contributed by atoms with Gasteiger partial charge < -0.3 is 9.80 Å². The second kappa shape index (κ2) is 14.8. The van der Waals surface area contributed by atoms with Crippen LogP contribution in [0.1, 0.15) is 30.4 Å². The molecule has 0 bridgehead atoms. The zero-order chi connectivity index (χ0) is 25.5. The third kappa shape index (κ3) is 11.0. The fourth-order valence-electron chi connectivity index (χ4n) is 2.90. The summed E-state index contributed by atoms with van der Waals surface area (Å²) >= 11 is 0. The smallest absolute Gasteiger partial charge is 0.240 e. The van der Waals surface area contributed by atoms with Crippen molar-refractivity contribution in [1.29, 1.82) is 0 Å². The lowest BCUT2D eigenvalue weighted by atomic mass is 10.2. The summed E-state index contributed by atoms with van der Waals surface area (Å²) in [6.45, 7) is 0. The molecule has 0 heterocycles. The molecule has 8 heteroatoms. The van der Waals surface area contributed by atoms with Gasteiger partial charge in [0.05, 0.1) is 0 Å². The summed E-state index contributed by atoms with van der Waals surface area (Å²) < 4.78 is 0. The van der Waals surface area contributed by atoms with Crippen LogP contribution in [0.5, 0.6) is 0 Å². The van der Waals surface area contributed by atoms with Crippen LogP contribution in [-0.4, -0.2) is 52.4 Å². The Kier molecular flexibility index (Phi) is 11.5. The van der Waals surface area contributed by atoms with E-state index < -0.39 is 0 Å². The molecule has 35 heavy (non-hydrogen) atoms. The van der Waals surface area contributed by atoms with E-state index in [1.165, 1.54) is 12.4 Å². The number of rotatable bonds is 12. The molecule has 0 aromatic heterocycles. The topological polar surface area (TPSA) is 89.4 Å². The highest BCUT2D eigenvalue weighted by molar-refractivity contribution is 5.83. The van der Waals surface area contributed by atoms with Crippen molar-refractivity contribution >= 4 is 47.8 Å². The number of hydrazone groups is 2. The number of carbonyl (C=O) groups excluding carboxylic acids is 2. The highest BCUT2D eigenvalue weighted by atomic mass is 16.2. The molecule has 0 saturated heterocycles. The summed E-state index contributed by atoms with van der Waals surface area (Å²) in [6.07, 6.45) is 11.1.